The molecular formula is C21H25N5O. The van der Waals surface area contributed by atoms with Crippen molar-refractivity contribution in [3.05, 3.63) is 77.4 Å². The molecule has 27 heavy (non-hydrogen) atoms. The van der Waals surface area contributed by atoms with Crippen LogP contribution < -0.4 is 15.4 Å². The van der Waals surface area contributed by atoms with Crippen LogP contribution in [-0.2, 0) is 13.2 Å². The molecule has 0 bridgehead atoms. The van der Waals surface area contributed by atoms with E-state index in [2.05, 4.69) is 51.6 Å². The molecule has 2 N–H and O–H groups in total. The molecule has 0 spiro atoms. The Balaban J connectivity index is 1.47. The first kappa shape index (κ1) is 18.8. The van der Waals surface area contributed by atoms with E-state index >= 15 is 0 Å². The van der Waals surface area contributed by atoms with Crippen LogP contribution >= 0.6 is 0 Å². The normalized spacial score (nSPS) is 10.6. The van der Waals surface area contributed by atoms with Gasteiger partial charge in [0.2, 0.25) is 5.95 Å². The van der Waals surface area contributed by atoms with Gasteiger partial charge in [-0.25, -0.2) is 9.97 Å². The minimum absolute atomic E-state index is 0.480. The minimum Gasteiger partial charge on any atom is -0.487 e. The number of pyridine rings is 1. The average Bonchev–Trinajstić information content (AvgIpc) is 2.69. The van der Waals surface area contributed by atoms with Crippen LogP contribution in [0.25, 0.3) is 0 Å². The van der Waals surface area contributed by atoms with E-state index in [0.717, 1.165) is 42.2 Å². The monoisotopic (exact) mass is 363 g/mol. The Morgan fingerprint density at radius 1 is 0.889 bits per heavy atom. The zero-order valence-electron chi connectivity index (χ0n) is 15.8. The van der Waals surface area contributed by atoms with Crippen LogP contribution in [0.4, 0.5) is 5.95 Å². The van der Waals surface area contributed by atoms with Crippen molar-refractivity contribution in [2.75, 3.05) is 18.4 Å². The largest absolute Gasteiger partial charge is 0.487 e. The molecule has 0 fully saturated rings. The molecule has 140 valence electrons. The van der Waals surface area contributed by atoms with Crippen LogP contribution in [-0.4, -0.2) is 28.0 Å². The Labute approximate surface area is 160 Å². The SMILES string of the molecule is Cc1cc(CNCCNc2ncccn2)cc(C)c1OCc1ccccn1. The number of anilines is 1. The average molecular weight is 363 g/mol. The number of benzene rings is 1. The fourth-order valence-corrected chi connectivity index (χ4v) is 2.89. The molecule has 0 amide bonds. The molecule has 3 rings (SSSR count). The first-order chi connectivity index (χ1) is 13.2. The van der Waals surface area contributed by atoms with E-state index in [-0.39, 0.29) is 0 Å². The number of ether oxygens (including phenoxy) is 1. The Kier molecular flexibility index (Phi) is 6.71. The molecule has 1 aromatic carbocycles. The van der Waals surface area contributed by atoms with Gasteiger partial charge in [-0.3, -0.25) is 4.98 Å². The van der Waals surface area contributed by atoms with Gasteiger partial charge in [0.05, 0.1) is 5.69 Å². The van der Waals surface area contributed by atoms with E-state index in [1.165, 1.54) is 5.56 Å². The standard InChI is InChI=1S/C21H25N5O/c1-16-12-18(14-22-10-11-26-21-24-8-5-9-25-21)13-17(2)20(16)27-15-19-6-3-4-7-23-19/h3-9,12-13,22H,10-11,14-15H2,1-2H3,(H,24,25,26). The van der Waals surface area contributed by atoms with Gasteiger partial charge in [0.1, 0.15) is 12.4 Å². The Morgan fingerprint density at radius 2 is 1.63 bits per heavy atom. The Hall–Kier alpha value is -2.99. The third-order valence-electron chi connectivity index (χ3n) is 4.09. The van der Waals surface area contributed by atoms with Gasteiger partial charge < -0.3 is 15.4 Å². The molecule has 6 nitrogen and oxygen atoms in total. The highest BCUT2D eigenvalue weighted by atomic mass is 16.5. The molecule has 0 aliphatic rings. The lowest BCUT2D eigenvalue weighted by Gasteiger charge is -2.14. The van der Waals surface area contributed by atoms with Crippen molar-refractivity contribution in [2.45, 2.75) is 27.0 Å². The molecule has 6 heteroatoms. The van der Waals surface area contributed by atoms with E-state index in [1.807, 2.05) is 18.2 Å². The van der Waals surface area contributed by atoms with Crippen molar-refractivity contribution in [2.24, 2.45) is 0 Å². The molecule has 0 saturated carbocycles. The predicted molar refractivity (Wildman–Crippen MR) is 107 cm³/mol. The molecule has 0 unspecified atom stereocenters. The molecule has 0 aliphatic heterocycles. The highest BCUT2D eigenvalue weighted by molar-refractivity contribution is 5.43. The number of aryl methyl sites for hydroxylation is 2. The lowest BCUT2D eigenvalue weighted by Crippen LogP contribution is -2.22. The second-order valence-electron chi connectivity index (χ2n) is 6.34. The second kappa shape index (κ2) is 9.64. The summed E-state index contributed by atoms with van der Waals surface area (Å²) >= 11 is 0. The molecule has 0 saturated heterocycles. The zero-order valence-corrected chi connectivity index (χ0v) is 15.8. The van der Waals surface area contributed by atoms with Gasteiger partial charge in [0.15, 0.2) is 0 Å². The molecule has 2 heterocycles. The summed E-state index contributed by atoms with van der Waals surface area (Å²) in [6.45, 7) is 7.05. The second-order valence-corrected chi connectivity index (χ2v) is 6.34. The Morgan fingerprint density at radius 3 is 2.33 bits per heavy atom. The third-order valence-corrected chi connectivity index (χ3v) is 4.09. The van der Waals surface area contributed by atoms with Crippen LogP contribution in [0.5, 0.6) is 5.75 Å². The summed E-state index contributed by atoms with van der Waals surface area (Å²) in [6, 6.07) is 12.0. The molecule has 0 aliphatic carbocycles. The molecule has 0 atom stereocenters. The topological polar surface area (TPSA) is 72.0 Å². The smallest absolute Gasteiger partial charge is 0.222 e. The highest BCUT2D eigenvalue weighted by Gasteiger charge is 2.07. The van der Waals surface area contributed by atoms with Gasteiger partial charge >= 0.3 is 0 Å². The van der Waals surface area contributed by atoms with Crippen molar-refractivity contribution in [1.29, 1.82) is 0 Å². The van der Waals surface area contributed by atoms with Crippen LogP contribution in [0.1, 0.15) is 22.4 Å². The van der Waals surface area contributed by atoms with Crippen molar-refractivity contribution < 1.29 is 4.74 Å². The minimum atomic E-state index is 0.480. The summed E-state index contributed by atoms with van der Waals surface area (Å²) in [5.74, 6) is 1.59. The predicted octanol–water partition coefficient (Wildman–Crippen LogP) is 3.27. The number of hydrogen-bond acceptors (Lipinski definition) is 6. The Bertz CT molecular complexity index is 817. The number of aromatic nitrogens is 3. The highest BCUT2D eigenvalue weighted by Crippen LogP contribution is 2.25. The van der Waals surface area contributed by atoms with E-state index in [0.29, 0.717) is 12.6 Å². The van der Waals surface area contributed by atoms with Crippen LogP contribution in [0.2, 0.25) is 0 Å². The van der Waals surface area contributed by atoms with Gasteiger partial charge in [0.25, 0.3) is 0 Å². The molecular weight excluding hydrogens is 338 g/mol. The number of nitrogens with zero attached hydrogens (tertiary/aromatic N) is 3. The molecule has 2 aromatic heterocycles. The summed E-state index contributed by atoms with van der Waals surface area (Å²) < 4.78 is 5.99. The summed E-state index contributed by atoms with van der Waals surface area (Å²) in [5.41, 5.74) is 4.44. The molecule has 3 aromatic rings. The zero-order chi connectivity index (χ0) is 18.9. The van der Waals surface area contributed by atoms with E-state index < -0.39 is 0 Å². The first-order valence-corrected chi connectivity index (χ1v) is 9.07. The van der Waals surface area contributed by atoms with E-state index in [1.54, 1.807) is 24.7 Å². The van der Waals surface area contributed by atoms with Gasteiger partial charge in [-0.1, -0.05) is 18.2 Å². The fourth-order valence-electron chi connectivity index (χ4n) is 2.89. The van der Waals surface area contributed by atoms with Crippen LogP contribution in [0, 0.1) is 13.8 Å². The van der Waals surface area contributed by atoms with Gasteiger partial charge in [-0.15, -0.1) is 0 Å². The lowest BCUT2D eigenvalue weighted by atomic mass is 10.1. The van der Waals surface area contributed by atoms with Crippen molar-refractivity contribution >= 4 is 5.95 Å². The maximum Gasteiger partial charge on any atom is 0.222 e. The maximum atomic E-state index is 5.99. The summed E-state index contributed by atoms with van der Waals surface area (Å²) in [5, 5.41) is 6.62. The quantitative estimate of drug-likeness (QED) is 0.569. The summed E-state index contributed by atoms with van der Waals surface area (Å²) in [4.78, 5) is 12.6. The first-order valence-electron chi connectivity index (χ1n) is 9.07. The maximum absolute atomic E-state index is 5.99. The van der Waals surface area contributed by atoms with Crippen molar-refractivity contribution in [3.63, 3.8) is 0 Å². The van der Waals surface area contributed by atoms with Crippen LogP contribution in [0.3, 0.4) is 0 Å². The fraction of sp³-hybridized carbons (Fsp3) is 0.286. The van der Waals surface area contributed by atoms with Crippen LogP contribution in [0.15, 0.2) is 55.0 Å². The van der Waals surface area contributed by atoms with E-state index in [4.69, 9.17) is 4.74 Å². The molecule has 0 radical (unpaired) electrons. The van der Waals surface area contributed by atoms with Crippen molar-refractivity contribution in [1.82, 2.24) is 20.3 Å². The summed E-state index contributed by atoms with van der Waals surface area (Å²) in [6.07, 6.45) is 5.24. The number of rotatable bonds is 9. The van der Waals surface area contributed by atoms with Crippen molar-refractivity contribution in [3.8, 4) is 5.75 Å². The third kappa shape index (κ3) is 5.76. The van der Waals surface area contributed by atoms with Gasteiger partial charge in [-0.05, 0) is 48.7 Å². The number of hydrogen-bond donors (Lipinski definition) is 2. The number of nitrogens with one attached hydrogen (secondary N) is 2. The van der Waals surface area contributed by atoms with E-state index in [9.17, 15) is 0 Å². The van der Waals surface area contributed by atoms with Gasteiger partial charge in [-0.2, -0.15) is 0 Å². The summed E-state index contributed by atoms with van der Waals surface area (Å²) in [7, 11) is 0. The lowest BCUT2D eigenvalue weighted by molar-refractivity contribution is 0.297. The van der Waals surface area contributed by atoms with Gasteiger partial charge in [0, 0.05) is 38.2 Å².